The summed E-state index contributed by atoms with van der Waals surface area (Å²) < 4.78 is 10.8. The van der Waals surface area contributed by atoms with Crippen molar-refractivity contribution >= 4 is 28.8 Å². The second-order valence-corrected chi connectivity index (χ2v) is 9.31. The SMILES string of the molecule is CCOC(=O)C1=C(C)NC2=C(C(=O)[C@H](C(=O)OCC)[C@H](c3ccccc3)C2)[C@H]1c1cnc2ccccc2n1. The molecule has 2 heterocycles. The van der Waals surface area contributed by atoms with Gasteiger partial charge in [-0.1, -0.05) is 42.5 Å². The summed E-state index contributed by atoms with van der Waals surface area (Å²) in [7, 11) is 0. The topological polar surface area (TPSA) is 107 Å². The number of fused-ring (bicyclic) bond motifs is 1. The molecule has 3 atom stereocenters. The summed E-state index contributed by atoms with van der Waals surface area (Å²) in [5.74, 6) is -3.84. The van der Waals surface area contributed by atoms with E-state index in [4.69, 9.17) is 14.5 Å². The van der Waals surface area contributed by atoms with Crippen LogP contribution in [0.15, 0.2) is 83.3 Å². The van der Waals surface area contributed by atoms with Crippen LogP contribution in [0.1, 0.15) is 50.3 Å². The Morgan fingerprint density at radius 3 is 2.37 bits per heavy atom. The van der Waals surface area contributed by atoms with E-state index in [1.165, 1.54) is 0 Å². The number of esters is 2. The summed E-state index contributed by atoms with van der Waals surface area (Å²) in [6, 6.07) is 16.9. The van der Waals surface area contributed by atoms with Gasteiger partial charge in [-0.2, -0.15) is 0 Å². The maximum Gasteiger partial charge on any atom is 0.336 e. The summed E-state index contributed by atoms with van der Waals surface area (Å²) >= 11 is 0. The molecule has 0 spiro atoms. The molecular weight excluding hydrogens is 482 g/mol. The predicted octanol–water partition coefficient (Wildman–Crippen LogP) is 4.34. The first kappa shape index (κ1) is 25.3. The number of para-hydroxylation sites is 2. The van der Waals surface area contributed by atoms with Gasteiger partial charge in [0.1, 0.15) is 5.92 Å². The van der Waals surface area contributed by atoms with Crippen LogP contribution >= 0.6 is 0 Å². The Morgan fingerprint density at radius 2 is 1.66 bits per heavy atom. The second-order valence-electron chi connectivity index (χ2n) is 9.31. The van der Waals surface area contributed by atoms with E-state index in [9.17, 15) is 14.4 Å². The molecular formula is C30H29N3O5. The first-order chi connectivity index (χ1) is 18.4. The Morgan fingerprint density at radius 1 is 0.974 bits per heavy atom. The van der Waals surface area contributed by atoms with Gasteiger partial charge in [-0.25, -0.2) is 9.78 Å². The molecule has 0 saturated heterocycles. The van der Waals surface area contributed by atoms with E-state index in [0.29, 0.717) is 40.1 Å². The molecule has 8 nitrogen and oxygen atoms in total. The van der Waals surface area contributed by atoms with Gasteiger partial charge >= 0.3 is 11.9 Å². The van der Waals surface area contributed by atoms with Crippen molar-refractivity contribution < 1.29 is 23.9 Å². The molecule has 0 radical (unpaired) electrons. The summed E-state index contributed by atoms with van der Waals surface area (Å²) in [6.07, 6.45) is 1.98. The van der Waals surface area contributed by atoms with Crippen LogP contribution in [0.2, 0.25) is 0 Å². The fourth-order valence-electron chi connectivity index (χ4n) is 5.44. The molecule has 2 aliphatic rings. The number of benzene rings is 2. The first-order valence-electron chi connectivity index (χ1n) is 12.8. The second kappa shape index (κ2) is 10.6. The molecule has 1 N–H and O–H groups in total. The lowest BCUT2D eigenvalue weighted by molar-refractivity contribution is -0.152. The minimum atomic E-state index is -1.06. The third kappa shape index (κ3) is 4.47. The zero-order chi connectivity index (χ0) is 26.8. The predicted molar refractivity (Wildman–Crippen MR) is 141 cm³/mol. The highest BCUT2D eigenvalue weighted by atomic mass is 16.5. The van der Waals surface area contributed by atoms with Crippen LogP contribution in [0, 0.1) is 5.92 Å². The number of carbonyl (C=O) groups excluding carboxylic acids is 3. The number of nitrogens with one attached hydrogen (secondary N) is 1. The van der Waals surface area contributed by atoms with Crippen LogP contribution in [0.25, 0.3) is 11.0 Å². The molecule has 0 saturated carbocycles. The van der Waals surface area contributed by atoms with Crippen LogP contribution in [-0.2, 0) is 23.9 Å². The van der Waals surface area contributed by atoms with Gasteiger partial charge in [0.2, 0.25) is 0 Å². The largest absolute Gasteiger partial charge is 0.465 e. The fraction of sp³-hybridized carbons (Fsp3) is 0.300. The highest BCUT2D eigenvalue weighted by Crippen LogP contribution is 2.47. The maximum absolute atomic E-state index is 14.3. The Bertz CT molecular complexity index is 1480. The minimum absolute atomic E-state index is 0.154. The van der Waals surface area contributed by atoms with Gasteiger partial charge in [-0.3, -0.25) is 14.6 Å². The highest BCUT2D eigenvalue weighted by Gasteiger charge is 2.49. The molecule has 0 amide bonds. The average molecular weight is 512 g/mol. The molecule has 0 bridgehead atoms. The van der Waals surface area contributed by atoms with Crippen LogP contribution in [0.5, 0.6) is 0 Å². The zero-order valence-corrected chi connectivity index (χ0v) is 21.6. The van der Waals surface area contributed by atoms with E-state index in [1.807, 2.05) is 54.6 Å². The molecule has 3 aromatic rings. The fourth-order valence-corrected chi connectivity index (χ4v) is 5.44. The lowest BCUT2D eigenvalue weighted by atomic mass is 9.68. The molecule has 0 unspecified atom stereocenters. The average Bonchev–Trinajstić information content (AvgIpc) is 2.92. The summed E-state index contributed by atoms with van der Waals surface area (Å²) in [5, 5.41) is 3.30. The van der Waals surface area contributed by atoms with E-state index in [0.717, 1.165) is 5.56 Å². The molecule has 8 heteroatoms. The standard InChI is InChI=1S/C30H29N3O5/c1-4-37-29(35)24-17(3)32-22-15-19(18-11-7-6-8-12-18)25(30(36)38-5-2)28(34)27(22)26(24)23-16-31-20-13-9-10-14-21(20)33-23/h6-14,16,19,25-26,32H,4-5,15H2,1-3H3/t19-,25+,26-/m0/s1. The maximum atomic E-state index is 14.3. The van der Waals surface area contributed by atoms with Gasteiger partial charge in [0.05, 0.1) is 47.6 Å². The van der Waals surface area contributed by atoms with Gasteiger partial charge in [0, 0.05) is 22.9 Å². The van der Waals surface area contributed by atoms with Crippen LogP contribution in [0.4, 0.5) is 0 Å². The number of hydrogen-bond donors (Lipinski definition) is 1. The van der Waals surface area contributed by atoms with Gasteiger partial charge in [0.15, 0.2) is 5.78 Å². The lowest BCUT2D eigenvalue weighted by Gasteiger charge is -2.39. The van der Waals surface area contributed by atoms with Crippen molar-refractivity contribution in [1.29, 1.82) is 0 Å². The molecule has 1 aliphatic carbocycles. The number of aromatic nitrogens is 2. The van der Waals surface area contributed by atoms with Gasteiger partial charge in [-0.15, -0.1) is 0 Å². The van der Waals surface area contributed by atoms with E-state index < -0.39 is 29.7 Å². The van der Waals surface area contributed by atoms with Gasteiger partial charge < -0.3 is 14.8 Å². The molecule has 0 fully saturated rings. The first-order valence-corrected chi connectivity index (χ1v) is 12.8. The number of ketones is 1. The van der Waals surface area contributed by atoms with Crippen LogP contribution in [-0.4, -0.2) is 40.9 Å². The number of ether oxygens (including phenoxy) is 2. The van der Waals surface area contributed by atoms with Crippen LogP contribution < -0.4 is 5.32 Å². The Labute approximate surface area is 220 Å². The van der Waals surface area contributed by atoms with Gasteiger partial charge in [0.25, 0.3) is 0 Å². The van der Waals surface area contributed by atoms with E-state index >= 15 is 0 Å². The molecule has 2 aromatic carbocycles. The van der Waals surface area contributed by atoms with Crippen molar-refractivity contribution in [3.63, 3.8) is 0 Å². The van der Waals surface area contributed by atoms with Crippen molar-refractivity contribution in [3.8, 4) is 0 Å². The third-order valence-corrected chi connectivity index (χ3v) is 7.05. The number of Topliss-reactive ketones (excluding diaryl/α,β-unsaturated/α-hetero) is 1. The smallest absolute Gasteiger partial charge is 0.336 e. The number of hydrogen-bond acceptors (Lipinski definition) is 8. The van der Waals surface area contributed by atoms with E-state index in [2.05, 4.69) is 10.3 Å². The normalized spacial score (nSPS) is 21.1. The monoisotopic (exact) mass is 511 g/mol. The number of carbonyl (C=O) groups is 3. The zero-order valence-electron chi connectivity index (χ0n) is 21.6. The third-order valence-electron chi connectivity index (χ3n) is 7.05. The van der Waals surface area contributed by atoms with E-state index in [1.54, 1.807) is 27.0 Å². The quantitative estimate of drug-likeness (QED) is 0.385. The molecule has 1 aliphatic heterocycles. The van der Waals surface area contributed by atoms with Crippen molar-refractivity contribution in [1.82, 2.24) is 15.3 Å². The Kier molecular flexibility index (Phi) is 7.05. The highest BCUT2D eigenvalue weighted by molar-refractivity contribution is 6.13. The lowest BCUT2D eigenvalue weighted by Crippen LogP contribution is -2.43. The molecule has 38 heavy (non-hydrogen) atoms. The summed E-state index contributed by atoms with van der Waals surface area (Å²) in [5.41, 5.74) is 4.49. The number of nitrogens with zero attached hydrogens (tertiary/aromatic N) is 2. The van der Waals surface area contributed by atoms with Gasteiger partial charge in [-0.05, 0) is 44.9 Å². The summed E-state index contributed by atoms with van der Waals surface area (Å²) in [6.45, 7) is 5.56. The Balaban J connectivity index is 1.70. The Hall–Kier alpha value is -4.33. The van der Waals surface area contributed by atoms with E-state index in [-0.39, 0.29) is 24.6 Å². The van der Waals surface area contributed by atoms with Crippen molar-refractivity contribution in [3.05, 3.63) is 94.6 Å². The van der Waals surface area contributed by atoms with Crippen molar-refractivity contribution in [2.45, 2.75) is 39.0 Å². The minimum Gasteiger partial charge on any atom is -0.465 e. The molecule has 194 valence electrons. The number of allylic oxidation sites excluding steroid dienone is 3. The van der Waals surface area contributed by atoms with Crippen molar-refractivity contribution in [2.24, 2.45) is 5.92 Å². The molecule has 5 rings (SSSR count). The number of rotatable bonds is 6. The van der Waals surface area contributed by atoms with Crippen molar-refractivity contribution in [2.75, 3.05) is 13.2 Å². The summed E-state index contributed by atoms with van der Waals surface area (Å²) in [4.78, 5) is 50.2. The molecule has 1 aromatic heterocycles. The van der Waals surface area contributed by atoms with Crippen LogP contribution in [0.3, 0.4) is 0 Å². The number of dihydropyridines is 1.